The van der Waals surface area contributed by atoms with Gasteiger partial charge in [0.25, 0.3) is 0 Å². The predicted molar refractivity (Wildman–Crippen MR) is 100 cm³/mol. The fourth-order valence-corrected chi connectivity index (χ4v) is 2.94. The molecule has 1 aliphatic rings. The average molecular weight is 350 g/mol. The van der Waals surface area contributed by atoms with Crippen molar-refractivity contribution in [3.05, 3.63) is 47.7 Å². The number of carbonyl (C=O) groups is 1. The van der Waals surface area contributed by atoms with Crippen LogP contribution in [0, 0.1) is 11.3 Å². The monoisotopic (exact) mass is 350 g/mol. The van der Waals surface area contributed by atoms with E-state index in [0.717, 1.165) is 24.5 Å². The van der Waals surface area contributed by atoms with Crippen LogP contribution in [0.5, 0.6) is 0 Å². The molecule has 7 heteroatoms. The van der Waals surface area contributed by atoms with E-state index in [1.54, 1.807) is 12.1 Å². The molecule has 0 spiro atoms. The number of benzene rings is 1. The van der Waals surface area contributed by atoms with Gasteiger partial charge >= 0.3 is 6.03 Å². The second-order valence-electron chi connectivity index (χ2n) is 6.70. The summed E-state index contributed by atoms with van der Waals surface area (Å²) in [6.45, 7) is 5.73. The molecule has 0 unspecified atom stereocenters. The summed E-state index contributed by atoms with van der Waals surface area (Å²) in [4.78, 5) is 14.3. The largest absolute Gasteiger partial charge is 0.353 e. The SMILES string of the molecule is CC(C)c1ccc(NC(=O)N[C@H]2CCN(c3ccc(C#N)nn3)C2)cc1. The van der Waals surface area contributed by atoms with Crippen molar-refractivity contribution in [1.82, 2.24) is 15.5 Å². The van der Waals surface area contributed by atoms with Crippen LogP contribution in [-0.4, -0.2) is 35.4 Å². The van der Waals surface area contributed by atoms with E-state index >= 15 is 0 Å². The molecule has 1 aliphatic heterocycles. The van der Waals surface area contributed by atoms with E-state index in [-0.39, 0.29) is 12.1 Å². The van der Waals surface area contributed by atoms with Crippen molar-refractivity contribution in [2.24, 2.45) is 0 Å². The van der Waals surface area contributed by atoms with E-state index in [4.69, 9.17) is 5.26 Å². The van der Waals surface area contributed by atoms with E-state index in [1.165, 1.54) is 5.56 Å². The molecule has 0 aliphatic carbocycles. The summed E-state index contributed by atoms with van der Waals surface area (Å²) in [5.74, 6) is 1.19. The molecule has 1 fully saturated rings. The van der Waals surface area contributed by atoms with E-state index in [0.29, 0.717) is 18.2 Å². The first kappa shape index (κ1) is 17.7. The number of urea groups is 1. The normalized spacial score (nSPS) is 16.4. The molecule has 1 aromatic carbocycles. The molecule has 3 rings (SSSR count). The molecule has 1 saturated heterocycles. The van der Waals surface area contributed by atoms with Crippen LogP contribution in [0.4, 0.5) is 16.3 Å². The smallest absolute Gasteiger partial charge is 0.319 e. The summed E-state index contributed by atoms with van der Waals surface area (Å²) in [6.07, 6.45) is 0.835. The Morgan fingerprint density at radius 1 is 1.23 bits per heavy atom. The Kier molecular flexibility index (Phi) is 5.32. The van der Waals surface area contributed by atoms with Gasteiger partial charge in [-0.2, -0.15) is 5.26 Å². The molecule has 2 aromatic rings. The molecular formula is C19H22N6O. The maximum Gasteiger partial charge on any atom is 0.319 e. The minimum Gasteiger partial charge on any atom is -0.353 e. The summed E-state index contributed by atoms with van der Waals surface area (Å²) >= 11 is 0. The topological polar surface area (TPSA) is 93.9 Å². The zero-order chi connectivity index (χ0) is 18.5. The van der Waals surface area contributed by atoms with E-state index in [9.17, 15) is 4.79 Å². The van der Waals surface area contributed by atoms with Gasteiger partial charge in [0.05, 0.1) is 0 Å². The predicted octanol–water partition coefficient (Wildman–Crippen LogP) is 2.87. The number of nitrogens with zero attached hydrogens (tertiary/aromatic N) is 4. The van der Waals surface area contributed by atoms with Crippen molar-refractivity contribution in [3.63, 3.8) is 0 Å². The first-order valence-corrected chi connectivity index (χ1v) is 8.71. The molecule has 1 aromatic heterocycles. The molecule has 26 heavy (non-hydrogen) atoms. The minimum absolute atomic E-state index is 0.0439. The van der Waals surface area contributed by atoms with Gasteiger partial charge in [0, 0.05) is 24.8 Å². The van der Waals surface area contributed by atoms with Gasteiger partial charge in [0.1, 0.15) is 6.07 Å². The molecule has 7 nitrogen and oxygen atoms in total. The number of nitrogens with one attached hydrogen (secondary N) is 2. The van der Waals surface area contributed by atoms with Gasteiger partial charge < -0.3 is 15.5 Å². The van der Waals surface area contributed by atoms with Crippen LogP contribution < -0.4 is 15.5 Å². The van der Waals surface area contributed by atoms with Gasteiger partial charge in [0.2, 0.25) is 0 Å². The van der Waals surface area contributed by atoms with Crippen molar-refractivity contribution in [3.8, 4) is 6.07 Å². The number of amides is 2. The molecule has 2 N–H and O–H groups in total. The number of aromatic nitrogens is 2. The van der Waals surface area contributed by atoms with Gasteiger partial charge in [-0.3, -0.25) is 0 Å². The van der Waals surface area contributed by atoms with Crippen molar-refractivity contribution in [2.75, 3.05) is 23.3 Å². The van der Waals surface area contributed by atoms with Crippen LogP contribution in [0.2, 0.25) is 0 Å². The number of anilines is 2. The van der Waals surface area contributed by atoms with Crippen molar-refractivity contribution >= 4 is 17.5 Å². The average Bonchev–Trinajstić information content (AvgIpc) is 3.10. The van der Waals surface area contributed by atoms with Crippen LogP contribution in [-0.2, 0) is 0 Å². The van der Waals surface area contributed by atoms with Crippen LogP contribution in [0.1, 0.15) is 37.4 Å². The highest BCUT2D eigenvalue weighted by Crippen LogP contribution is 2.19. The van der Waals surface area contributed by atoms with Crippen LogP contribution in [0.25, 0.3) is 0 Å². The van der Waals surface area contributed by atoms with Crippen molar-refractivity contribution in [1.29, 1.82) is 5.26 Å². The Hall–Kier alpha value is -3.14. The number of hydrogen-bond acceptors (Lipinski definition) is 5. The highest BCUT2D eigenvalue weighted by atomic mass is 16.2. The van der Waals surface area contributed by atoms with E-state index < -0.39 is 0 Å². The lowest BCUT2D eigenvalue weighted by molar-refractivity contribution is 0.249. The summed E-state index contributed by atoms with van der Waals surface area (Å²) in [6, 6.07) is 13.1. The molecule has 2 heterocycles. The number of hydrogen-bond donors (Lipinski definition) is 2. The van der Waals surface area contributed by atoms with Gasteiger partial charge in [-0.05, 0) is 42.2 Å². The summed E-state index contributed by atoms with van der Waals surface area (Å²) in [5, 5.41) is 22.6. The third kappa shape index (κ3) is 4.28. The zero-order valence-corrected chi connectivity index (χ0v) is 14.9. The third-order valence-electron chi connectivity index (χ3n) is 4.45. The number of carbonyl (C=O) groups excluding carboxylic acids is 1. The quantitative estimate of drug-likeness (QED) is 0.884. The molecule has 0 radical (unpaired) electrons. The van der Waals surface area contributed by atoms with Gasteiger partial charge in [-0.15, -0.1) is 10.2 Å². The third-order valence-corrected chi connectivity index (χ3v) is 4.45. The van der Waals surface area contributed by atoms with Crippen molar-refractivity contribution < 1.29 is 4.79 Å². The Balaban J connectivity index is 1.51. The lowest BCUT2D eigenvalue weighted by atomic mass is 10.0. The van der Waals surface area contributed by atoms with Crippen molar-refractivity contribution in [2.45, 2.75) is 32.2 Å². The highest BCUT2D eigenvalue weighted by molar-refractivity contribution is 5.89. The Morgan fingerprint density at radius 2 is 2.00 bits per heavy atom. The fraction of sp³-hybridized carbons (Fsp3) is 0.368. The van der Waals surface area contributed by atoms with Gasteiger partial charge in [-0.25, -0.2) is 4.79 Å². The Morgan fingerprint density at radius 3 is 2.62 bits per heavy atom. The summed E-state index contributed by atoms with van der Waals surface area (Å²) in [7, 11) is 0. The van der Waals surface area contributed by atoms with Crippen LogP contribution in [0.3, 0.4) is 0 Å². The van der Waals surface area contributed by atoms with Gasteiger partial charge in [-0.1, -0.05) is 26.0 Å². The summed E-state index contributed by atoms with van der Waals surface area (Å²) < 4.78 is 0. The Labute approximate surface area is 153 Å². The molecular weight excluding hydrogens is 328 g/mol. The first-order chi connectivity index (χ1) is 12.5. The molecule has 0 saturated carbocycles. The maximum atomic E-state index is 12.2. The van der Waals surface area contributed by atoms with Gasteiger partial charge in [0.15, 0.2) is 11.5 Å². The van der Waals surface area contributed by atoms with E-state index in [1.807, 2.05) is 30.3 Å². The van der Waals surface area contributed by atoms with E-state index in [2.05, 4.69) is 39.6 Å². The molecule has 2 amide bonds. The first-order valence-electron chi connectivity index (χ1n) is 8.71. The Bertz CT molecular complexity index is 794. The molecule has 0 bridgehead atoms. The summed E-state index contributed by atoms with van der Waals surface area (Å²) in [5.41, 5.74) is 2.32. The molecule has 1 atom stereocenters. The molecule has 134 valence electrons. The highest BCUT2D eigenvalue weighted by Gasteiger charge is 2.25. The number of rotatable bonds is 4. The zero-order valence-electron chi connectivity index (χ0n) is 14.9. The van der Waals surface area contributed by atoms with Crippen LogP contribution in [0.15, 0.2) is 36.4 Å². The lowest BCUT2D eigenvalue weighted by Gasteiger charge is -2.17. The number of nitriles is 1. The minimum atomic E-state index is -0.208. The second-order valence-corrected chi connectivity index (χ2v) is 6.70. The van der Waals surface area contributed by atoms with Crippen LogP contribution >= 0.6 is 0 Å². The fourth-order valence-electron chi connectivity index (χ4n) is 2.94. The lowest BCUT2D eigenvalue weighted by Crippen LogP contribution is -2.39. The second kappa shape index (κ2) is 7.83. The maximum absolute atomic E-state index is 12.2. The standard InChI is InChI=1S/C19H22N6O/c1-13(2)14-3-5-15(6-4-14)21-19(26)22-17-9-10-25(12-17)18-8-7-16(11-20)23-24-18/h3-8,13,17H,9-10,12H2,1-2H3,(H2,21,22,26)/t17-/m0/s1.